The Labute approximate surface area is 127 Å². The number of amides is 1. The Kier molecular flexibility index (Phi) is 3.79. The Bertz CT molecular complexity index is 718. The summed E-state index contributed by atoms with van der Waals surface area (Å²) in [7, 11) is 1.69. The van der Waals surface area contributed by atoms with Gasteiger partial charge in [0, 0.05) is 31.0 Å². The Morgan fingerprint density at radius 3 is 2.73 bits per heavy atom. The van der Waals surface area contributed by atoms with Crippen LogP contribution in [0.2, 0.25) is 0 Å². The van der Waals surface area contributed by atoms with Crippen molar-refractivity contribution < 1.29 is 13.6 Å². The van der Waals surface area contributed by atoms with Crippen molar-refractivity contribution >= 4 is 17.3 Å². The van der Waals surface area contributed by atoms with Crippen LogP contribution >= 0.6 is 0 Å². The average molecular weight is 302 g/mol. The molecular weight excluding hydrogens is 286 g/mol. The molecule has 0 saturated heterocycles. The minimum absolute atomic E-state index is 0.0582. The van der Waals surface area contributed by atoms with E-state index in [9.17, 15) is 13.6 Å². The minimum atomic E-state index is -0.914. The van der Waals surface area contributed by atoms with Crippen LogP contribution in [0.5, 0.6) is 0 Å². The lowest BCUT2D eigenvalue weighted by Crippen LogP contribution is -2.38. The van der Waals surface area contributed by atoms with Crippen LogP contribution in [-0.4, -0.2) is 26.0 Å². The van der Waals surface area contributed by atoms with Crippen molar-refractivity contribution in [3.63, 3.8) is 0 Å². The molecule has 0 saturated carbocycles. The molecule has 3 nitrogen and oxygen atoms in total. The largest absolute Gasteiger partial charge is 0.365 e. The van der Waals surface area contributed by atoms with E-state index in [0.29, 0.717) is 12.2 Å². The van der Waals surface area contributed by atoms with Crippen molar-refractivity contribution in [1.29, 1.82) is 0 Å². The third kappa shape index (κ3) is 2.66. The van der Waals surface area contributed by atoms with Crippen LogP contribution in [0.4, 0.5) is 20.2 Å². The monoisotopic (exact) mass is 302 g/mol. The number of carbonyl (C=O) groups is 1. The Morgan fingerprint density at radius 2 is 1.95 bits per heavy atom. The van der Waals surface area contributed by atoms with E-state index in [-0.39, 0.29) is 12.5 Å². The summed E-state index contributed by atoms with van der Waals surface area (Å²) in [5.74, 6) is -1.86. The molecule has 3 rings (SSSR count). The quantitative estimate of drug-likeness (QED) is 0.870. The summed E-state index contributed by atoms with van der Waals surface area (Å²) in [4.78, 5) is 15.8. The van der Waals surface area contributed by atoms with Gasteiger partial charge in [-0.15, -0.1) is 0 Å². The zero-order valence-corrected chi connectivity index (χ0v) is 12.2. The molecule has 0 aliphatic carbocycles. The second-order valence-electron chi connectivity index (χ2n) is 5.38. The lowest BCUT2D eigenvalue weighted by molar-refractivity contribution is -0.117. The van der Waals surface area contributed by atoms with E-state index in [4.69, 9.17) is 0 Å². The standard InChI is InChI=1S/C17H16F2N2O/c1-20(13-6-7-14(18)15(19)10-13)11-17(22)21-9-8-12-4-2-3-5-16(12)21/h2-7,10H,8-9,11H2,1H3. The first-order valence-electron chi connectivity index (χ1n) is 7.11. The lowest BCUT2D eigenvalue weighted by Gasteiger charge is -2.23. The van der Waals surface area contributed by atoms with E-state index in [2.05, 4.69) is 0 Å². The van der Waals surface area contributed by atoms with Crippen molar-refractivity contribution in [1.82, 2.24) is 0 Å². The molecule has 0 unspecified atom stereocenters. The average Bonchev–Trinajstić information content (AvgIpc) is 2.94. The highest BCUT2D eigenvalue weighted by atomic mass is 19.2. The summed E-state index contributed by atoms with van der Waals surface area (Å²) in [5.41, 5.74) is 2.57. The number of benzene rings is 2. The fourth-order valence-electron chi connectivity index (χ4n) is 2.70. The molecule has 1 amide bonds. The number of likely N-dealkylation sites (N-methyl/N-ethyl adjacent to an activating group) is 1. The van der Waals surface area contributed by atoms with Crippen molar-refractivity contribution in [3.05, 3.63) is 59.7 Å². The maximum Gasteiger partial charge on any atom is 0.246 e. The Balaban J connectivity index is 1.73. The van der Waals surface area contributed by atoms with Gasteiger partial charge in [0.1, 0.15) is 0 Å². The molecule has 1 heterocycles. The van der Waals surface area contributed by atoms with Crippen molar-refractivity contribution in [2.75, 3.05) is 29.9 Å². The molecule has 0 spiro atoms. The molecule has 0 radical (unpaired) electrons. The molecule has 1 aliphatic rings. The van der Waals surface area contributed by atoms with Crippen LogP contribution in [0.1, 0.15) is 5.56 Å². The van der Waals surface area contributed by atoms with Crippen LogP contribution in [-0.2, 0) is 11.2 Å². The number of hydrogen-bond acceptors (Lipinski definition) is 2. The summed E-state index contributed by atoms with van der Waals surface area (Å²) in [6.07, 6.45) is 0.844. The van der Waals surface area contributed by atoms with E-state index >= 15 is 0 Å². The molecule has 0 N–H and O–H groups in total. The summed E-state index contributed by atoms with van der Waals surface area (Å²) >= 11 is 0. The van der Waals surface area contributed by atoms with E-state index in [1.54, 1.807) is 16.8 Å². The number of fused-ring (bicyclic) bond motifs is 1. The Morgan fingerprint density at radius 1 is 1.18 bits per heavy atom. The normalized spacial score (nSPS) is 13.1. The first-order valence-corrected chi connectivity index (χ1v) is 7.11. The fraction of sp³-hybridized carbons (Fsp3) is 0.235. The molecule has 0 atom stereocenters. The maximum absolute atomic E-state index is 13.3. The maximum atomic E-state index is 13.3. The number of hydrogen-bond donors (Lipinski definition) is 0. The van der Waals surface area contributed by atoms with Crippen molar-refractivity contribution in [3.8, 4) is 0 Å². The molecular formula is C17H16F2N2O. The van der Waals surface area contributed by atoms with Gasteiger partial charge in [-0.2, -0.15) is 0 Å². The molecule has 0 fully saturated rings. The number of nitrogens with zero attached hydrogens (tertiary/aromatic N) is 2. The predicted molar refractivity (Wildman–Crippen MR) is 82.1 cm³/mol. The van der Waals surface area contributed by atoms with Gasteiger partial charge in [-0.1, -0.05) is 18.2 Å². The van der Waals surface area contributed by atoms with Gasteiger partial charge in [0.2, 0.25) is 5.91 Å². The number of anilines is 2. The molecule has 1 aliphatic heterocycles. The molecule has 2 aromatic carbocycles. The summed E-state index contributed by atoms with van der Waals surface area (Å²) in [5, 5.41) is 0. The molecule has 0 bridgehead atoms. The fourth-order valence-corrected chi connectivity index (χ4v) is 2.70. The van der Waals surface area contributed by atoms with Crippen molar-refractivity contribution in [2.24, 2.45) is 0 Å². The number of carbonyl (C=O) groups excluding carboxylic acids is 1. The molecule has 2 aromatic rings. The third-order valence-electron chi connectivity index (χ3n) is 3.90. The van der Waals surface area contributed by atoms with Gasteiger partial charge < -0.3 is 9.80 Å². The highest BCUT2D eigenvalue weighted by Crippen LogP contribution is 2.27. The van der Waals surface area contributed by atoms with E-state index < -0.39 is 11.6 Å². The predicted octanol–water partition coefficient (Wildman–Crippen LogP) is 2.99. The molecule has 22 heavy (non-hydrogen) atoms. The van der Waals surface area contributed by atoms with Crippen LogP contribution in [0, 0.1) is 11.6 Å². The highest BCUT2D eigenvalue weighted by molar-refractivity contribution is 5.98. The molecule has 114 valence electrons. The molecule has 5 heteroatoms. The lowest BCUT2D eigenvalue weighted by atomic mass is 10.2. The minimum Gasteiger partial charge on any atom is -0.365 e. The summed E-state index contributed by atoms with van der Waals surface area (Å²) in [6, 6.07) is 11.4. The number of para-hydroxylation sites is 1. The highest BCUT2D eigenvalue weighted by Gasteiger charge is 2.24. The SMILES string of the molecule is CN(CC(=O)N1CCc2ccccc21)c1ccc(F)c(F)c1. The van der Waals surface area contributed by atoms with Gasteiger partial charge in [0.15, 0.2) is 11.6 Å². The topological polar surface area (TPSA) is 23.6 Å². The van der Waals surface area contributed by atoms with Crippen LogP contribution in [0.3, 0.4) is 0 Å². The van der Waals surface area contributed by atoms with Gasteiger partial charge >= 0.3 is 0 Å². The number of halogens is 2. The molecule has 0 aromatic heterocycles. The second-order valence-corrected chi connectivity index (χ2v) is 5.38. The Hall–Kier alpha value is -2.43. The van der Waals surface area contributed by atoms with E-state index in [0.717, 1.165) is 29.8 Å². The zero-order valence-electron chi connectivity index (χ0n) is 12.2. The van der Waals surface area contributed by atoms with Gasteiger partial charge in [-0.05, 0) is 30.2 Å². The summed E-state index contributed by atoms with van der Waals surface area (Å²) in [6.45, 7) is 0.767. The van der Waals surface area contributed by atoms with Crippen LogP contribution in [0.15, 0.2) is 42.5 Å². The van der Waals surface area contributed by atoms with Crippen LogP contribution < -0.4 is 9.80 Å². The smallest absolute Gasteiger partial charge is 0.246 e. The number of rotatable bonds is 3. The third-order valence-corrected chi connectivity index (χ3v) is 3.90. The summed E-state index contributed by atoms with van der Waals surface area (Å²) < 4.78 is 26.2. The van der Waals surface area contributed by atoms with E-state index in [1.807, 2.05) is 24.3 Å². The van der Waals surface area contributed by atoms with E-state index in [1.165, 1.54) is 6.07 Å². The van der Waals surface area contributed by atoms with Gasteiger partial charge in [0.05, 0.1) is 6.54 Å². The van der Waals surface area contributed by atoms with Crippen molar-refractivity contribution in [2.45, 2.75) is 6.42 Å². The first-order chi connectivity index (χ1) is 10.6. The zero-order chi connectivity index (χ0) is 15.7. The van der Waals surface area contributed by atoms with Gasteiger partial charge in [-0.25, -0.2) is 8.78 Å². The van der Waals surface area contributed by atoms with Gasteiger partial charge in [-0.3, -0.25) is 4.79 Å². The van der Waals surface area contributed by atoms with Gasteiger partial charge in [0.25, 0.3) is 0 Å². The second kappa shape index (κ2) is 5.75. The van der Waals surface area contributed by atoms with Crippen LogP contribution in [0.25, 0.3) is 0 Å². The first kappa shape index (κ1) is 14.5.